The number of ether oxygens (including phenoxy) is 1. The van der Waals surface area contributed by atoms with Crippen LogP contribution >= 0.6 is 11.3 Å². The smallest absolute Gasteiger partial charge is 0.270 e. The van der Waals surface area contributed by atoms with Crippen LogP contribution in [0.15, 0.2) is 29.8 Å². The maximum atomic E-state index is 12.1. The van der Waals surface area contributed by atoms with Crippen molar-refractivity contribution in [2.45, 2.75) is 0 Å². The zero-order chi connectivity index (χ0) is 14.4. The van der Waals surface area contributed by atoms with Crippen LogP contribution in [0, 0.1) is 11.8 Å². The Hall–Kier alpha value is -2.36. The first kappa shape index (κ1) is 14.1. The summed E-state index contributed by atoms with van der Waals surface area (Å²) in [6.07, 6.45) is 1.54. The van der Waals surface area contributed by atoms with Crippen LogP contribution in [0.25, 0.3) is 0 Å². The van der Waals surface area contributed by atoms with Crippen LogP contribution in [-0.2, 0) is 0 Å². The number of carbonyl (C=O) groups excluding carboxylic acids is 1. The van der Waals surface area contributed by atoms with Gasteiger partial charge in [0.25, 0.3) is 5.91 Å². The van der Waals surface area contributed by atoms with Crippen LogP contribution < -0.4 is 10.1 Å². The summed E-state index contributed by atoms with van der Waals surface area (Å²) in [5.41, 5.74) is 0.669. The van der Waals surface area contributed by atoms with Gasteiger partial charge in [-0.2, -0.15) is 0 Å². The highest BCUT2D eigenvalue weighted by atomic mass is 32.1. The zero-order valence-corrected chi connectivity index (χ0v) is 11.5. The molecule has 0 spiro atoms. The SMILES string of the molecule is COc1ccsc1C(=O)Nc1cc(C#CCO)ccn1. The van der Waals surface area contributed by atoms with Crippen LogP contribution in [0.3, 0.4) is 0 Å². The van der Waals surface area contributed by atoms with E-state index in [9.17, 15) is 4.79 Å². The lowest BCUT2D eigenvalue weighted by Gasteiger charge is -2.04. The van der Waals surface area contributed by atoms with E-state index in [4.69, 9.17) is 9.84 Å². The summed E-state index contributed by atoms with van der Waals surface area (Å²) in [5.74, 6) is 5.94. The third-order valence-electron chi connectivity index (χ3n) is 2.37. The number of carbonyl (C=O) groups is 1. The van der Waals surface area contributed by atoms with Gasteiger partial charge in [-0.05, 0) is 23.6 Å². The molecule has 0 saturated heterocycles. The van der Waals surface area contributed by atoms with Crippen molar-refractivity contribution in [2.24, 2.45) is 0 Å². The average Bonchev–Trinajstić information content (AvgIpc) is 2.94. The first-order chi connectivity index (χ1) is 9.74. The van der Waals surface area contributed by atoms with Crippen molar-refractivity contribution in [1.82, 2.24) is 4.98 Å². The molecule has 6 heteroatoms. The predicted octanol–water partition coefficient (Wildman–Crippen LogP) is 1.75. The lowest BCUT2D eigenvalue weighted by molar-refractivity contribution is 0.102. The summed E-state index contributed by atoms with van der Waals surface area (Å²) >= 11 is 1.29. The van der Waals surface area contributed by atoms with Crippen molar-refractivity contribution in [3.8, 4) is 17.6 Å². The van der Waals surface area contributed by atoms with Crippen molar-refractivity contribution in [3.63, 3.8) is 0 Å². The monoisotopic (exact) mass is 288 g/mol. The van der Waals surface area contributed by atoms with Gasteiger partial charge in [-0.25, -0.2) is 4.98 Å². The molecule has 2 heterocycles. The van der Waals surface area contributed by atoms with Crippen LogP contribution in [0.4, 0.5) is 5.82 Å². The largest absolute Gasteiger partial charge is 0.495 e. The third kappa shape index (κ3) is 3.35. The fourth-order valence-electron chi connectivity index (χ4n) is 1.52. The fraction of sp³-hybridized carbons (Fsp3) is 0.143. The van der Waals surface area contributed by atoms with Crippen LogP contribution in [-0.4, -0.2) is 29.7 Å². The molecule has 0 bridgehead atoms. The predicted molar refractivity (Wildman–Crippen MR) is 77.0 cm³/mol. The standard InChI is InChI=1S/C14H12N2O3S/c1-19-11-5-8-20-13(11)14(18)16-12-9-10(3-2-7-17)4-6-15-12/h4-6,8-9,17H,7H2,1H3,(H,15,16,18). The second-order valence-corrected chi connectivity index (χ2v) is 4.58. The van der Waals surface area contributed by atoms with E-state index in [-0.39, 0.29) is 12.5 Å². The number of aliphatic hydroxyl groups excluding tert-OH is 1. The molecule has 0 aliphatic carbocycles. The lowest BCUT2D eigenvalue weighted by Crippen LogP contribution is -2.12. The molecule has 0 aliphatic heterocycles. The molecule has 20 heavy (non-hydrogen) atoms. The Kier molecular flexibility index (Phi) is 4.71. The second-order valence-electron chi connectivity index (χ2n) is 3.66. The first-order valence-corrected chi connectivity index (χ1v) is 6.61. The highest BCUT2D eigenvalue weighted by molar-refractivity contribution is 7.12. The van der Waals surface area contributed by atoms with Crippen molar-refractivity contribution in [1.29, 1.82) is 0 Å². The number of methoxy groups -OCH3 is 1. The van der Waals surface area contributed by atoms with Gasteiger partial charge in [-0.3, -0.25) is 4.79 Å². The van der Waals surface area contributed by atoms with Crippen molar-refractivity contribution < 1.29 is 14.6 Å². The van der Waals surface area contributed by atoms with Gasteiger partial charge in [0, 0.05) is 11.8 Å². The van der Waals surface area contributed by atoms with E-state index in [1.165, 1.54) is 18.4 Å². The van der Waals surface area contributed by atoms with Crippen LogP contribution in [0.2, 0.25) is 0 Å². The minimum absolute atomic E-state index is 0.212. The van der Waals surface area contributed by atoms with E-state index in [1.54, 1.807) is 29.8 Å². The highest BCUT2D eigenvalue weighted by Crippen LogP contribution is 2.25. The van der Waals surface area contributed by atoms with Gasteiger partial charge in [0.15, 0.2) is 0 Å². The topological polar surface area (TPSA) is 71.5 Å². The Morgan fingerprint density at radius 1 is 1.55 bits per heavy atom. The fourth-order valence-corrected chi connectivity index (χ4v) is 2.27. The summed E-state index contributed by atoms with van der Waals surface area (Å²) in [4.78, 5) is 16.6. The molecule has 2 aromatic rings. The molecule has 2 aromatic heterocycles. The van der Waals surface area contributed by atoms with Crippen molar-refractivity contribution >= 4 is 23.1 Å². The minimum Gasteiger partial charge on any atom is -0.495 e. The molecule has 102 valence electrons. The number of thiophene rings is 1. The number of amides is 1. The Morgan fingerprint density at radius 2 is 2.40 bits per heavy atom. The van der Waals surface area contributed by atoms with Crippen LogP contribution in [0.5, 0.6) is 5.75 Å². The Bertz CT molecular complexity index is 670. The van der Waals surface area contributed by atoms with Gasteiger partial charge in [-0.1, -0.05) is 11.8 Å². The maximum Gasteiger partial charge on any atom is 0.270 e. The number of aromatic nitrogens is 1. The first-order valence-electron chi connectivity index (χ1n) is 5.73. The van der Waals surface area contributed by atoms with Gasteiger partial charge in [0.2, 0.25) is 0 Å². The number of nitrogens with one attached hydrogen (secondary N) is 1. The van der Waals surface area contributed by atoms with E-state index in [1.807, 2.05) is 0 Å². The zero-order valence-electron chi connectivity index (χ0n) is 10.7. The molecule has 0 fully saturated rings. The van der Waals surface area contributed by atoms with Crippen LogP contribution in [0.1, 0.15) is 15.2 Å². The molecule has 5 nitrogen and oxygen atoms in total. The molecule has 0 radical (unpaired) electrons. The molecular formula is C14H12N2O3S. The van der Waals surface area contributed by atoms with E-state index < -0.39 is 0 Å². The molecule has 1 amide bonds. The molecule has 0 aliphatic rings. The number of hydrogen-bond donors (Lipinski definition) is 2. The number of pyridine rings is 1. The van der Waals surface area contributed by atoms with E-state index >= 15 is 0 Å². The molecule has 0 unspecified atom stereocenters. The molecule has 2 rings (SSSR count). The molecule has 0 aromatic carbocycles. The molecule has 0 saturated carbocycles. The maximum absolute atomic E-state index is 12.1. The van der Waals surface area contributed by atoms with E-state index in [2.05, 4.69) is 22.1 Å². The van der Waals surface area contributed by atoms with Gasteiger partial charge < -0.3 is 15.2 Å². The summed E-state index contributed by atoms with van der Waals surface area (Å²) in [5, 5.41) is 13.1. The Morgan fingerprint density at radius 3 is 3.15 bits per heavy atom. The van der Waals surface area contributed by atoms with Gasteiger partial charge in [0.05, 0.1) is 7.11 Å². The van der Waals surface area contributed by atoms with E-state index in [0.717, 1.165) is 0 Å². The highest BCUT2D eigenvalue weighted by Gasteiger charge is 2.14. The van der Waals surface area contributed by atoms with Gasteiger partial charge in [0.1, 0.15) is 23.1 Å². The summed E-state index contributed by atoms with van der Waals surface area (Å²) in [6.45, 7) is -0.212. The quantitative estimate of drug-likeness (QED) is 0.844. The number of aliphatic hydroxyl groups is 1. The van der Waals surface area contributed by atoms with Gasteiger partial charge >= 0.3 is 0 Å². The summed E-state index contributed by atoms with van der Waals surface area (Å²) < 4.78 is 5.10. The number of nitrogens with zero attached hydrogens (tertiary/aromatic N) is 1. The summed E-state index contributed by atoms with van der Waals surface area (Å²) in [6, 6.07) is 5.07. The number of anilines is 1. The average molecular weight is 288 g/mol. The van der Waals surface area contributed by atoms with E-state index in [0.29, 0.717) is 22.0 Å². The number of hydrogen-bond acceptors (Lipinski definition) is 5. The van der Waals surface area contributed by atoms with Crippen molar-refractivity contribution in [3.05, 3.63) is 40.2 Å². The molecule has 2 N–H and O–H groups in total. The van der Waals surface area contributed by atoms with Crippen molar-refractivity contribution in [2.75, 3.05) is 19.0 Å². The number of rotatable bonds is 3. The Balaban J connectivity index is 2.16. The summed E-state index contributed by atoms with van der Waals surface area (Å²) in [7, 11) is 1.52. The third-order valence-corrected chi connectivity index (χ3v) is 3.26. The Labute approximate surface area is 120 Å². The normalized spacial score (nSPS) is 9.50. The lowest BCUT2D eigenvalue weighted by atomic mass is 10.2. The molecule has 0 atom stereocenters. The second kappa shape index (κ2) is 6.70. The van der Waals surface area contributed by atoms with Gasteiger partial charge in [-0.15, -0.1) is 11.3 Å². The molecular weight excluding hydrogens is 276 g/mol. The minimum atomic E-state index is -0.281.